The number of ether oxygens (including phenoxy) is 2. The molecule has 10 heteroatoms. The molecular weight excluding hydrogens is 327 g/mol. The summed E-state index contributed by atoms with van der Waals surface area (Å²) in [7, 11) is -1.48. The van der Waals surface area contributed by atoms with Crippen LogP contribution >= 0.6 is 8.25 Å². The minimum Gasteiger partial charge on any atom is -0.481 e. The lowest BCUT2D eigenvalue weighted by Crippen LogP contribution is -2.06. The molecule has 0 bridgehead atoms. The number of nitrogens with zero attached hydrogens (tertiary/aromatic N) is 2. The third-order valence-corrected chi connectivity index (χ3v) is 2.88. The largest absolute Gasteiger partial charge is 0.747 e. The summed E-state index contributed by atoms with van der Waals surface area (Å²) in [4.78, 5) is 27.2. The molecule has 1 unspecified atom stereocenters. The van der Waals surface area contributed by atoms with Crippen molar-refractivity contribution in [2.75, 3.05) is 7.11 Å². The monoisotopic (exact) mass is 339 g/mol. The molecule has 1 heterocycles. The molecule has 0 aliphatic heterocycles. The zero-order valence-corrected chi connectivity index (χ0v) is 13.0. The highest BCUT2D eigenvalue weighted by molar-refractivity contribution is 7.32. The average Bonchev–Trinajstić information content (AvgIpc) is 2.45. The van der Waals surface area contributed by atoms with Crippen molar-refractivity contribution in [3.05, 3.63) is 35.7 Å². The third kappa shape index (κ3) is 4.60. The molecule has 2 N–H and O–H groups in total. The van der Waals surface area contributed by atoms with Crippen molar-refractivity contribution in [1.29, 1.82) is 0 Å². The zero-order chi connectivity index (χ0) is 17.0. The van der Waals surface area contributed by atoms with Crippen molar-refractivity contribution in [2.24, 2.45) is 0 Å². The molecule has 0 saturated carbocycles. The van der Waals surface area contributed by atoms with Crippen molar-refractivity contribution < 1.29 is 33.4 Å². The van der Waals surface area contributed by atoms with Gasteiger partial charge in [-0.1, -0.05) is 0 Å². The fourth-order valence-electron chi connectivity index (χ4n) is 1.69. The van der Waals surface area contributed by atoms with Crippen LogP contribution in [0, 0.1) is 6.92 Å². The highest BCUT2D eigenvalue weighted by Gasteiger charge is 2.17. The smallest absolute Gasteiger partial charge is 0.481 e. The predicted octanol–water partition coefficient (Wildman–Crippen LogP) is 2.31. The summed E-state index contributed by atoms with van der Waals surface area (Å²) < 4.78 is 25.8. The Morgan fingerprint density at radius 1 is 1.13 bits per heavy atom. The number of carboxylic acids is 1. The predicted molar refractivity (Wildman–Crippen MR) is 77.2 cm³/mol. The second kappa shape index (κ2) is 6.99. The van der Waals surface area contributed by atoms with E-state index < -0.39 is 20.0 Å². The average molecular weight is 339 g/mol. The maximum atomic E-state index is 11.0. The molecule has 23 heavy (non-hydrogen) atoms. The van der Waals surface area contributed by atoms with Crippen LogP contribution in [-0.2, 0) is 4.57 Å². The molecule has 1 atom stereocenters. The van der Waals surface area contributed by atoms with Gasteiger partial charge in [0.15, 0.2) is 5.75 Å². The van der Waals surface area contributed by atoms with Gasteiger partial charge in [0.2, 0.25) is 17.6 Å². The van der Waals surface area contributed by atoms with Gasteiger partial charge in [-0.25, -0.2) is 9.32 Å². The molecule has 0 radical (unpaired) electrons. The number of aromatic carboxylic acids is 1. The number of hydrogen-bond acceptors (Lipinski definition) is 7. The van der Waals surface area contributed by atoms with Gasteiger partial charge in [0.05, 0.1) is 13.2 Å². The first kappa shape index (κ1) is 16.6. The first-order chi connectivity index (χ1) is 10.9. The summed E-state index contributed by atoms with van der Waals surface area (Å²) in [6, 6.07) is 5.83. The van der Waals surface area contributed by atoms with Crippen LogP contribution in [0.1, 0.15) is 16.2 Å². The van der Waals surface area contributed by atoms with Crippen LogP contribution in [0.3, 0.4) is 0 Å². The molecule has 0 saturated heterocycles. The second-order valence-electron chi connectivity index (χ2n) is 4.29. The Labute approximate surface area is 131 Å². The lowest BCUT2D eigenvalue weighted by atomic mass is 10.2. The molecule has 9 nitrogen and oxygen atoms in total. The molecule has 0 aliphatic carbocycles. The van der Waals surface area contributed by atoms with E-state index in [0.29, 0.717) is 5.56 Å². The molecule has 0 fully saturated rings. The molecular formula is C13H12N2O7P+. The normalized spacial score (nSPS) is 10.8. The summed E-state index contributed by atoms with van der Waals surface area (Å²) in [5.74, 6) is -1.48. The van der Waals surface area contributed by atoms with Gasteiger partial charge in [-0.05, 0) is 24.6 Å². The molecule has 2 rings (SSSR count). The van der Waals surface area contributed by atoms with Crippen molar-refractivity contribution in [3.8, 4) is 23.3 Å². The van der Waals surface area contributed by atoms with E-state index in [1.165, 1.54) is 19.2 Å². The summed E-state index contributed by atoms with van der Waals surface area (Å²) in [5.41, 5.74) is 0.703. The minimum atomic E-state index is -2.81. The summed E-state index contributed by atoms with van der Waals surface area (Å²) in [6.07, 6.45) is 0. The van der Waals surface area contributed by atoms with E-state index in [2.05, 4.69) is 9.97 Å². The second-order valence-corrected chi connectivity index (χ2v) is 4.95. The zero-order valence-electron chi connectivity index (χ0n) is 12.1. The van der Waals surface area contributed by atoms with E-state index in [-0.39, 0.29) is 23.3 Å². The Morgan fingerprint density at radius 3 is 2.39 bits per heavy atom. The topological polar surface area (TPSA) is 128 Å². The first-order valence-electron chi connectivity index (χ1n) is 6.17. The van der Waals surface area contributed by atoms with Gasteiger partial charge < -0.3 is 14.6 Å². The quantitative estimate of drug-likeness (QED) is 0.762. The number of aromatic nitrogens is 2. The maximum absolute atomic E-state index is 11.0. The van der Waals surface area contributed by atoms with Gasteiger partial charge in [0.1, 0.15) is 5.75 Å². The number of hydrogen-bond donors (Lipinski definition) is 2. The van der Waals surface area contributed by atoms with Crippen LogP contribution in [0.5, 0.6) is 23.3 Å². The van der Waals surface area contributed by atoms with Crippen molar-refractivity contribution in [1.82, 2.24) is 9.97 Å². The number of methoxy groups -OCH3 is 1. The Hall–Kier alpha value is -2.77. The summed E-state index contributed by atoms with van der Waals surface area (Å²) in [5, 5.41) is 8.97. The molecule has 1 aromatic carbocycles. The van der Waals surface area contributed by atoms with Gasteiger partial charge >= 0.3 is 14.2 Å². The summed E-state index contributed by atoms with van der Waals surface area (Å²) >= 11 is 0. The molecule has 0 spiro atoms. The standard InChI is InChI=1S/C13H11N2O7P/c1-7-3-8(5-9(4-7)22-23(18)19)21-11-6-10(20-2)14-12(15-11)13(16)17/h3-6H,1-2H3,(H-,16,17,18,19)/p+1. The number of aryl methyl sites for hydroxylation is 1. The van der Waals surface area contributed by atoms with Gasteiger partial charge in [-0.3, -0.25) is 0 Å². The van der Waals surface area contributed by atoms with Crippen LogP contribution < -0.4 is 14.0 Å². The van der Waals surface area contributed by atoms with Crippen molar-refractivity contribution in [2.45, 2.75) is 6.92 Å². The Kier molecular flexibility index (Phi) is 5.05. The number of rotatable bonds is 6. The van der Waals surface area contributed by atoms with Crippen LogP contribution in [0.2, 0.25) is 0 Å². The Balaban J connectivity index is 2.34. The summed E-state index contributed by atoms with van der Waals surface area (Å²) in [6.45, 7) is 1.73. The van der Waals surface area contributed by atoms with Crippen LogP contribution in [-0.4, -0.2) is 33.0 Å². The number of benzene rings is 1. The van der Waals surface area contributed by atoms with Gasteiger partial charge in [0.25, 0.3) is 0 Å². The molecule has 120 valence electrons. The molecule has 1 aromatic heterocycles. The molecule has 2 aromatic rings. The Bertz CT molecular complexity index is 766. The Morgan fingerprint density at radius 2 is 1.78 bits per heavy atom. The van der Waals surface area contributed by atoms with E-state index >= 15 is 0 Å². The lowest BCUT2D eigenvalue weighted by Gasteiger charge is -2.08. The van der Waals surface area contributed by atoms with E-state index in [4.69, 9.17) is 24.0 Å². The van der Waals surface area contributed by atoms with Crippen molar-refractivity contribution in [3.63, 3.8) is 0 Å². The first-order valence-corrected chi connectivity index (χ1v) is 7.30. The maximum Gasteiger partial charge on any atom is 0.747 e. The van der Waals surface area contributed by atoms with E-state index in [9.17, 15) is 9.36 Å². The van der Waals surface area contributed by atoms with Crippen LogP contribution in [0.4, 0.5) is 0 Å². The molecule has 0 amide bonds. The molecule has 0 aliphatic rings. The third-order valence-electron chi connectivity index (χ3n) is 2.51. The minimum absolute atomic E-state index is 0.0231. The van der Waals surface area contributed by atoms with Gasteiger partial charge in [-0.2, -0.15) is 9.97 Å². The van der Waals surface area contributed by atoms with Gasteiger partial charge in [0, 0.05) is 10.6 Å². The van der Waals surface area contributed by atoms with Crippen LogP contribution in [0.15, 0.2) is 24.3 Å². The fourth-order valence-corrected chi connectivity index (χ4v) is 1.98. The van der Waals surface area contributed by atoms with E-state index in [1.54, 1.807) is 19.1 Å². The van der Waals surface area contributed by atoms with Gasteiger partial charge in [-0.15, -0.1) is 4.89 Å². The highest BCUT2D eigenvalue weighted by Crippen LogP contribution is 2.31. The van der Waals surface area contributed by atoms with Crippen molar-refractivity contribution >= 4 is 14.2 Å². The highest BCUT2D eigenvalue weighted by atomic mass is 31.1. The lowest BCUT2D eigenvalue weighted by molar-refractivity contribution is 0.0681. The van der Waals surface area contributed by atoms with E-state index in [0.717, 1.165) is 0 Å². The fraction of sp³-hybridized carbons (Fsp3) is 0.154. The SMILES string of the molecule is COc1cc(Oc2cc(C)cc(O[P+](=O)O)c2)nc(C(=O)O)n1. The number of carbonyl (C=O) groups is 1. The van der Waals surface area contributed by atoms with E-state index in [1.807, 2.05) is 0 Å². The number of carboxylic acid groups (broad SMARTS) is 1. The van der Waals surface area contributed by atoms with Crippen LogP contribution in [0.25, 0.3) is 0 Å².